The van der Waals surface area contributed by atoms with Gasteiger partial charge in [-0.15, -0.1) is 0 Å². The maximum absolute atomic E-state index is 13.8. The van der Waals surface area contributed by atoms with Crippen molar-refractivity contribution in [2.45, 2.75) is 44.6 Å². The number of nitrogens with two attached hydrogens (primary N) is 1. The Morgan fingerprint density at radius 2 is 1.86 bits per heavy atom. The maximum Gasteiger partial charge on any atom is 0.435 e. The molecule has 6 rings (SSSR count). The lowest BCUT2D eigenvalue weighted by atomic mass is 10.1. The molecular formula is C26H25F3N6O2. The van der Waals surface area contributed by atoms with Crippen LogP contribution in [0.2, 0.25) is 0 Å². The van der Waals surface area contributed by atoms with E-state index in [1.165, 1.54) is 6.20 Å². The summed E-state index contributed by atoms with van der Waals surface area (Å²) in [6.07, 6.45) is -0.00505. The first kappa shape index (κ1) is 23.5. The Hall–Kier alpha value is -3.89. The van der Waals surface area contributed by atoms with Gasteiger partial charge in [-0.2, -0.15) is 18.3 Å². The van der Waals surface area contributed by atoms with Gasteiger partial charge in [0.05, 0.1) is 18.2 Å². The number of anilines is 1. The molecule has 192 valence electrons. The molecule has 2 fully saturated rings. The van der Waals surface area contributed by atoms with Crippen LogP contribution in [0, 0.1) is 11.8 Å². The first-order chi connectivity index (χ1) is 17.7. The van der Waals surface area contributed by atoms with Gasteiger partial charge in [0.1, 0.15) is 5.82 Å². The fourth-order valence-electron chi connectivity index (χ4n) is 5.49. The zero-order valence-electron chi connectivity index (χ0n) is 19.8. The van der Waals surface area contributed by atoms with Gasteiger partial charge in [0, 0.05) is 31.4 Å². The molecule has 1 aliphatic heterocycles. The number of amides is 2. The van der Waals surface area contributed by atoms with Crippen molar-refractivity contribution in [2.24, 2.45) is 11.8 Å². The van der Waals surface area contributed by atoms with E-state index in [2.05, 4.69) is 15.4 Å². The Kier molecular flexibility index (Phi) is 5.46. The van der Waals surface area contributed by atoms with Crippen LogP contribution >= 0.6 is 0 Å². The zero-order valence-corrected chi connectivity index (χ0v) is 19.8. The highest BCUT2D eigenvalue weighted by atomic mass is 19.4. The largest absolute Gasteiger partial charge is 0.435 e. The highest BCUT2D eigenvalue weighted by Gasteiger charge is 2.51. The van der Waals surface area contributed by atoms with Crippen LogP contribution in [-0.2, 0) is 30.5 Å². The summed E-state index contributed by atoms with van der Waals surface area (Å²) >= 11 is 0. The molecule has 0 bridgehead atoms. The Morgan fingerprint density at radius 1 is 1.14 bits per heavy atom. The molecule has 0 spiro atoms. The molecule has 11 heteroatoms. The highest BCUT2D eigenvalue weighted by Crippen LogP contribution is 2.46. The third-order valence-electron chi connectivity index (χ3n) is 7.51. The quantitative estimate of drug-likeness (QED) is 0.529. The number of halogens is 3. The van der Waals surface area contributed by atoms with Crippen molar-refractivity contribution in [2.75, 3.05) is 12.3 Å². The van der Waals surface area contributed by atoms with Crippen LogP contribution in [0.5, 0.6) is 0 Å². The van der Waals surface area contributed by atoms with E-state index in [0.29, 0.717) is 31.1 Å². The molecule has 2 aliphatic carbocycles. The molecule has 3 heterocycles. The number of carbonyl (C=O) groups is 2. The van der Waals surface area contributed by atoms with Gasteiger partial charge >= 0.3 is 6.18 Å². The Balaban J connectivity index is 1.17. The number of nitrogen functional groups attached to an aromatic ring is 1. The maximum atomic E-state index is 13.8. The average Bonchev–Trinajstić information content (AvgIpc) is 3.15. The van der Waals surface area contributed by atoms with Crippen molar-refractivity contribution in [1.82, 2.24) is 25.0 Å². The number of carbonyl (C=O) groups excluding carboxylic acids is 2. The second-order valence-electron chi connectivity index (χ2n) is 10.1. The zero-order chi connectivity index (χ0) is 25.9. The number of hydrogen-bond acceptors (Lipinski definition) is 5. The fourth-order valence-corrected chi connectivity index (χ4v) is 5.49. The molecule has 3 aromatic rings. The van der Waals surface area contributed by atoms with Crippen molar-refractivity contribution in [3.05, 3.63) is 76.2 Å². The fraction of sp³-hybridized carbons (Fsp3) is 0.385. The van der Waals surface area contributed by atoms with Gasteiger partial charge < -0.3 is 16.0 Å². The summed E-state index contributed by atoms with van der Waals surface area (Å²) in [6, 6.07) is 8.62. The number of pyridine rings is 1. The molecule has 37 heavy (non-hydrogen) atoms. The molecule has 1 aromatic carbocycles. The van der Waals surface area contributed by atoms with E-state index in [0.717, 1.165) is 46.1 Å². The van der Waals surface area contributed by atoms with Crippen molar-refractivity contribution >= 4 is 17.6 Å². The number of piperidine rings is 1. The van der Waals surface area contributed by atoms with Gasteiger partial charge in [0.15, 0.2) is 5.69 Å². The van der Waals surface area contributed by atoms with Crippen molar-refractivity contribution in [3.63, 3.8) is 0 Å². The summed E-state index contributed by atoms with van der Waals surface area (Å²) in [7, 11) is 0. The van der Waals surface area contributed by atoms with Crippen molar-refractivity contribution < 1.29 is 22.8 Å². The van der Waals surface area contributed by atoms with E-state index in [-0.39, 0.29) is 18.4 Å². The van der Waals surface area contributed by atoms with E-state index in [1.54, 1.807) is 18.2 Å². The Labute approximate surface area is 210 Å². The summed E-state index contributed by atoms with van der Waals surface area (Å²) in [5.74, 6) is 0.437. The first-order valence-electron chi connectivity index (χ1n) is 12.2. The highest BCUT2D eigenvalue weighted by molar-refractivity contribution is 5.95. The molecule has 1 saturated heterocycles. The molecule has 8 nitrogen and oxygen atoms in total. The number of alkyl halides is 3. The van der Waals surface area contributed by atoms with Crippen LogP contribution in [0.3, 0.4) is 0 Å². The number of fused-ring (bicyclic) bond motifs is 2. The summed E-state index contributed by atoms with van der Waals surface area (Å²) in [5, 5.41) is 6.42. The molecule has 1 saturated carbocycles. The number of benzene rings is 1. The minimum atomic E-state index is -4.79. The van der Waals surface area contributed by atoms with Crippen LogP contribution in [0.15, 0.2) is 42.7 Å². The van der Waals surface area contributed by atoms with Gasteiger partial charge in [0.2, 0.25) is 5.91 Å². The standard InChI is InChI=1S/C26H25F3N6O2/c27-26(28,29)22-20(24(36)32-21-6-5-18-17(21)7-8-31-23(18)30)13-35(33-22)11-15-3-1-14(2-4-15)10-34-12-16-9-19(16)25(34)37/h1-4,7-8,13,16,19,21H,5-6,9-12H2,(H2,30,31)(H,32,36)/t16?,19-,21?/m0/s1. The summed E-state index contributed by atoms with van der Waals surface area (Å²) in [6.45, 7) is 1.39. The number of nitrogens with one attached hydrogen (secondary N) is 1. The number of hydrogen-bond donors (Lipinski definition) is 2. The van der Waals surface area contributed by atoms with E-state index in [1.807, 2.05) is 17.0 Å². The lowest BCUT2D eigenvalue weighted by Gasteiger charge is -2.18. The number of aromatic nitrogens is 3. The van der Waals surface area contributed by atoms with Gasteiger partial charge in [-0.25, -0.2) is 4.98 Å². The van der Waals surface area contributed by atoms with Crippen molar-refractivity contribution in [3.8, 4) is 0 Å². The number of likely N-dealkylation sites (tertiary alicyclic amines) is 1. The smallest absolute Gasteiger partial charge is 0.383 e. The minimum Gasteiger partial charge on any atom is -0.383 e. The molecule has 2 amide bonds. The third-order valence-corrected chi connectivity index (χ3v) is 7.51. The Morgan fingerprint density at radius 3 is 2.54 bits per heavy atom. The van der Waals surface area contributed by atoms with Crippen LogP contribution in [0.4, 0.5) is 19.0 Å². The van der Waals surface area contributed by atoms with Gasteiger partial charge in [-0.05, 0) is 53.5 Å². The molecular weight excluding hydrogens is 485 g/mol. The molecule has 2 unspecified atom stereocenters. The first-order valence-corrected chi connectivity index (χ1v) is 12.2. The normalized spacial score (nSPS) is 22.2. The van der Waals surface area contributed by atoms with Gasteiger partial charge in [0.25, 0.3) is 5.91 Å². The van der Waals surface area contributed by atoms with Gasteiger partial charge in [-0.3, -0.25) is 14.3 Å². The Bertz CT molecular complexity index is 1380. The van der Waals surface area contributed by atoms with E-state index >= 15 is 0 Å². The SMILES string of the molecule is Nc1nccc2c1CCC2NC(=O)c1cn(Cc2ccc(CN3CC4C[C@@H]4C3=O)cc2)nc1C(F)(F)F. The summed E-state index contributed by atoms with van der Waals surface area (Å²) < 4.78 is 42.4. The lowest BCUT2D eigenvalue weighted by Crippen LogP contribution is -2.28. The van der Waals surface area contributed by atoms with Crippen LogP contribution < -0.4 is 11.1 Å². The predicted molar refractivity (Wildman–Crippen MR) is 127 cm³/mol. The summed E-state index contributed by atoms with van der Waals surface area (Å²) in [4.78, 5) is 31.0. The number of rotatable bonds is 6. The predicted octanol–water partition coefficient (Wildman–Crippen LogP) is 3.32. The lowest BCUT2D eigenvalue weighted by molar-refractivity contribution is -0.141. The average molecular weight is 511 g/mol. The van der Waals surface area contributed by atoms with E-state index in [4.69, 9.17) is 5.73 Å². The monoisotopic (exact) mass is 510 g/mol. The van der Waals surface area contributed by atoms with Crippen LogP contribution in [0.1, 0.15) is 57.2 Å². The van der Waals surface area contributed by atoms with Crippen LogP contribution in [0.25, 0.3) is 0 Å². The molecule has 2 aromatic heterocycles. The van der Waals surface area contributed by atoms with Gasteiger partial charge in [-0.1, -0.05) is 24.3 Å². The molecule has 3 atom stereocenters. The minimum absolute atomic E-state index is 0.0674. The molecule has 0 radical (unpaired) electrons. The summed E-state index contributed by atoms with van der Waals surface area (Å²) in [5.41, 5.74) is 7.43. The van der Waals surface area contributed by atoms with E-state index in [9.17, 15) is 22.8 Å². The third kappa shape index (κ3) is 4.42. The second-order valence-corrected chi connectivity index (χ2v) is 10.1. The molecule has 3 N–H and O–H groups in total. The topological polar surface area (TPSA) is 106 Å². The number of nitrogens with zero attached hydrogens (tertiary/aromatic N) is 4. The second kappa shape index (κ2) is 8.60. The van der Waals surface area contributed by atoms with Crippen LogP contribution in [-0.4, -0.2) is 38.0 Å². The van der Waals surface area contributed by atoms with Crippen molar-refractivity contribution in [1.29, 1.82) is 0 Å². The van der Waals surface area contributed by atoms with E-state index < -0.39 is 29.4 Å². The molecule has 3 aliphatic rings.